The molecular weight excluding hydrogens is 240 g/mol. The van der Waals surface area contributed by atoms with Crippen molar-refractivity contribution in [2.24, 2.45) is 5.92 Å². The van der Waals surface area contributed by atoms with Crippen molar-refractivity contribution >= 4 is 11.6 Å². The molecule has 1 saturated heterocycles. The summed E-state index contributed by atoms with van der Waals surface area (Å²) in [5.41, 5.74) is 0. The van der Waals surface area contributed by atoms with Gasteiger partial charge in [0.25, 0.3) is 0 Å². The molecular formula is C14H24N4O. The summed E-state index contributed by atoms with van der Waals surface area (Å²) in [4.78, 5) is 11.3. The maximum Gasteiger partial charge on any atom is 0.134 e. The quantitative estimate of drug-likeness (QED) is 0.794. The highest BCUT2D eigenvalue weighted by molar-refractivity contribution is 5.49. The third kappa shape index (κ3) is 4.06. The smallest absolute Gasteiger partial charge is 0.134 e. The summed E-state index contributed by atoms with van der Waals surface area (Å²) >= 11 is 0. The third-order valence-corrected chi connectivity index (χ3v) is 3.57. The van der Waals surface area contributed by atoms with Gasteiger partial charge in [-0.15, -0.1) is 0 Å². The van der Waals surface area contributed by atoms with Crippen molar-refractivity contribution in [1.29, 1.82) is 0 Å². The third-order valence-electron chi connectivity index (χ3n) is 3.57. The molecule has 0 aliphatic carbocycles. The van der Waals surface area contributed by atoms with Gasteiger partial charge in [0.05, 0.1) is 0 Å². The Labute approximate surface area is 115 Å². The van der Waals surface area contributed by atoms with E-state index >= 15 is 0 Å². The van der Waals surface area contributed by atoms with E-state index in [2.05, 4.69) is 27.1 Å². The Morgan fingerprint density at radius 2 is 2.11 bits per heavy atom. The molecule has 2 N–H and O–H groups in total. The molecule has 0 amide bonds. The molecule has 2 rings (SSSR count). The summed E-state index contributed by atoms with van der Waals surface area (Å²) in [6.45, 7) is 7.33. The number of hydrogen-bond donors (Lipinski definition) is 2. The van der Waals surface area contributed by atoms with Crippen LogP contribution in [0.15, 0.2) is 6.07 Å². The first-order valence-corrected chi connectivity index (χ1v) is 7.14. The van der Waals surface area contributed by atoms with Crippen LogP contribution in [0.25, 0.3) is 0 Å². The molecule has 0 spiro atoms. The minimum atomic E-state index is 0.202. The number of aliphatic hydroxyl groups is 1. The number of aliphatic hydroxyl groups excluding tert-OH is 1. The van der Waals surface area contributed by atoms with Gasteiger partial charge in [-0.05, 0) is 32.1 Å². The van der Waals surface area contributed by atoms with Crippen LogP contribution in [0.2, 0.25) is 0 Å². The fourth-order valence-electron chi connectivity index (χ4n) is 2.34. The second kappa shape index (κ2) is 6.70. The second-order valence-electron chi connectivity index (χ2n) is 5.33. The number of piperidine rings is 1. The Morgan fingerprint density at radius 3 is 2.79 bits per heavy atom. The van der Waals surface area contributed by atoms with Crippen LogP contribution in [0.3, 0.4) is 0 Å². The van der Waals surface area contributed by atoms with Crippen LogP contribution in [0, 0.1) is 12.8 Å². The number of hydrogen-bond acceptors (Lipinski definition) is 5. The molecule has 1 aliphatic rings. The molecule has 1 aromatic rings. The van der Waals surface area contributed by atoms with Crippen molar-refractivity contribution in [3.8, 4) is 0 Å². The average molecular weight is 264 g/mol. The lowest BCUT2D eigenvalue weighted by Crippen LogP contribution is -2.33. The fraction of sp³-hybridized carbons (Fsp3) is 0.714. The van der Waals surface area contributed by atoms with Crippen molar-refractivity contribution in [1.82, 2.24) is 9.97 Å². The molecule has 1 fully saturated rings. The van der Waals surface area contributed by atoms with Crippen LogP contribution in [-0.2, 0) is 0 Å². The van der Waals surface area contributed by atoms with Crippen molar-refractivity contribution in [2.75, 3.05) is 36.5 Å². The highest BCUT2D eigenvalue weighted by atomic mass is 16.3. The van der Waals surface area contributed by atoms with Crippen molar-refractivity contribution < 1.29 is 5.11 Å². The molecule has 0 unspecified atom stereocenters. The van der Waals surface area contributed by atoms with Gasteiger partial charge in [0.15, 0.2) is 0 Å². The summed E-state index contributed by atoms with van der Waals surface area (Å²) in [5.74, 6) is 3.49. The lowest BCUT2D eigenvalue weighted by molar-refractivity contribution is 0.292. The molecule has 0 bridgehead atoms. The van der Waals surface area contributed by atoms with Crippen molar-refractivity contribution in [3.63, 3.8) is 0 Å². The van der Waals surface area contributed by atoms with Crippen molar-refractivity contribution in [2.45, 2.75) is 33.1 Å². The average Bonchev–Trinajstić information content (AvgIpc) is 2.39. The van der Waals surface area contributed by atoms with Crippen LogP contribution in [0.5, 0.6) is 0 Å². The van der Waals surface area contributed by atoms with Crippen LogP contribution in [-0.4, -0.2) is 41.3 Å². The predicted molar refractivity (Wildman–Crippen MR) is 77.6 cm³/mol. The van der Waals surface area contributed by atoms with Crippen molar-refractivity contribution in [3.05, 3.63) is 11.9 Å². The maximum absolute atomic E-state index is 8.80. The first-order chi connectivity index (χ1) is 9.19. The zero-order valence-electron chi connectivity index (χ0n) is 11.9. The normalized spacial score (nSPS) is 16.7. The number of aromatic nitrogens is 2. The van der Waals surface area contributed by atoms with Gasteiger partial charge in [-0.25, -0.2) is 9.97 Å². The lowest BCUT2D eigenvalue weighted by Gasteiger charge is -2.31. The van der Waals surface area contributed by atoms with E-state index in [1.54, 1.807) is 0 Å². The van der Waals surface area contributed by atoms with Crippen LogP contribution in [0.1, 0.15) is 32.0 Å². The van der Waals surface area contributed by atoms with Crippen LogP contribution < -0.4 is 10.2 Å². The molecule has 1 aromatic heterocycles. The van der Waals surface area contributed by atoms with Gasteiger partial charge in [-0.3, -0.25) is 0 Å². The van der Waals surface area contributed by atoms with E-state index in [1.807, 2.05) is 13.0 Å². The Hall–Kier alpha value is -1.36. The molecule has 5 heteroatoms. The number of nitrogens with one attached hydrogen (secondary N) is 1. The van der Waals surface area contributed by atoms with Gasteiger partial charge >= 0.3 is 0 Å². The minimum absolute atomic E-state index is 0.202. The van der Waals surface area contributed by atoms with Gasteiger partial charge in [0, 0.05) is 32.3 Å². The van der Waals surface area contributed by atoms with E-state index < -0.39 is 0 Å². The van der Waals surface area contributed by atoms with E-state index in [1.165, 1.54) is 12.8 Å². The molecule has 1 aliphatic heterocycles. The summed E-state index contributed by atoms with van der Waals surface area (Å²) in [6.07, 6.45) is 3.20. The largest absolute Gasteiger partial charge is 0.396 e. The molecule has 0 saturated carbocycles. The molecule has 19 heavy (non-hydrogen) atoms. The molecule has 2 heterocycles. The first kappa shape index (κ1) is 14.1. The zero-order chi connectivity index (χ0) is 13.7. The van der Waals surface area contributed by atoms with Gasteiger partial charge in [-0.1, -0.05) is 6.92 Å². The minimum Gasteiger partial charge on any atom is -0.396 e. The molecule has 5 nitrogen and oxygen atoms in total. The number of anilines is 2. The highest BCUT2D eigenvalue weighted by Crippen LogP contribution is 2.23. The SMILES string of the molecule is Cc1nc(NCCCO)cc(N2CCC(C)CC2)n1. The maximum atomic E-state index is 8.80. The summed E-state index contributed by atoms with van der Waals surface area (Å²) in [7, 11) is 0. The van der Waals surface area contributed by atoms with E-state index in [0.29, 0.717) is 0 Å². The van der Waals surface area contributed by atoms with E-state index in [4.69, 9.17) is 5.11 Å². The second-order valence-corrected chi connectivity index (χ2v) is 5.33. The lowest BCUT2D eigenvalue weighted by atomic mass is 9.99. The number of rotatable bonds is 5. The molecule has 0 radical (unpaired) electrons. The standard InChI is InChI=1S/C14H24N4O/c1-11-4-7-18(8-5-11)14-10-13(15-6-3-9-19)16-12(2)17-14/h10-11,19H,3-9H2,1-2H3,(H,15,16,17). The first-order valence-electron chi connectivity index (χ1n) is 7.14. The summed E-state index contributed by atoms with van der Waals surface area (Å²) < 4.78 is 0. The Morgan fingerprint density at radius 1 is 1.37 bits per heavy atom. The van der Waals surface area contributed by atoms with E-state index in [0.717, 1.165) is 49.4 Å². The highest BCUT2D eigenvalue weighted by Gasteiger charge is 2.17. The van der Waals surface area contributed by atoms with Gasteiger partial charge in [0.2, 0.25) is 0 Å². The van der Waals surface area contributed by atoms with Gasteiger partial charge < -0.3 is 15.3 Å². The topological polar surface area (TPSA) is 61.3 Å². The van der Waals surface area contributed by atoms with E-state index in [9.17, 15) is 0 Å². The number of nitrogens with zero attached hydrogens (tertiary/aromatic N) is 3. The Bertz CT molecular complexity index is 402. The van der Waals surface area contributed by atoms with Gasteiger partial charge in [-0.2, -0.15) is 0 Å². The Balaban J connectivity index is 2.03. The zero-order valence-corrected chi connectivity index (χ0v) is 11.9. The van der Waals surface area contributed by atoms with Crippen LogP contribution >= 0.6 is 0 Å². The molecule has 0 aromatic carbocycles. The monoisotopic (exact) mass is 264 g/mol. The molecule has 0 atom stereocenters. The summed E-state index contributed by atoms with van der Waals surface area (Å²) in [5, 5.41) is 12.0. The van der Waals surface area contributed by atoms with Crippen LogP contribution in [0.4, 0.5) is 11.6 Å². The fourth-order valence-corrected chi connectivity index (χ4v) is 2.34. The summed E-state index contributed by atoms with van der Waals surface area (Å²) in [6, 6.07) is 2.01. The van der Waals surface area contributed by atoms with E-state index in [-0.39, 0.29) is 6.61 Å². The Kier molecular flexibility index (Phi) is 4.96. The predicted octanol–water partition coefficient (Wildman–Crippen LogP) is 1.82. The molecule has 106 valence electrons. The van der Waals surface area contributed by atoms with Gasteiger partial charge in [0.1, 0.15) is 17.5 Å². The number of aryl methyl sites for hydroxylation is 1.